The standard InChI is InChI=1S/C16H14F2O2/c1-10-6-7-11(2)12(8-10)14(19)9-20-15-5-3-4-13(17)16(15)18/h3-8H,9H2,1-2H3. The first-order chi connectivity index (χ1) is 9.49. The number of rotatable bonds is 4. The van der Waals surface area contributed by atoms with E-state index in [1.165, 1.54) is 12.1 Å². The predicted octanol–water partition coefficient (Wildman–Crippen LogP) is 3.84. The number of aryl methyl sites for hydroxylation is 2. The fourth-order valence-corrected chi connectivity index (χ4v) is 1.85. The van der Waals surface area contributed by atoms with E-state index in [9.17, 15) is 13.6 Å². The van der Waals surface area contributed by atoms with Crippen LogP contribution in [0.3, 0.4) is 0 Å². The molecule has 0 fully saturated rings. The molecule has 0 aromatic heterocycles. The average molecular weight is 276 g/mol. The number of carbonyl (C=O) groups excluding carboxylic acids is 1. The summed E-state index contributed by atoms with van der Waals surface area (Å²) in [6.45, 7) is 3.36. The third-order valence-electron chi connectivity index (χ3n) is 2.97. The Morgan fingerprint density at radius 1 is 1.15 bits per heavy atom. The number of halogens is 2. The zero-order valence-corrected chi connectivity index (χ0v) is 11.2. The van der Waals surface area contributed by atoms with Crippen molar-refractivity contribution in [1.82, 2.24) is 0 Å². The lowest BCUT2D eigenvalue weighted by atomic mass is 10.0. The Hall–Kier alpha value is -2.23. The van der Waals surface area contributed by atoms with Gasteiger partial charge in [-0.25, -0.2) is 4.39 Å². The minimum absolute atomic E-state index is 0.261. The fraction of sp³-hybridized carbons (Fsp3) is 0.188. The highest BCUT2D eigenvalue weighted by molar-refractivity contribution is 5.98. The molecule has 0 saturated carbocycles. The van der Waals surface area contributed by atoms with Crippen molar-refractivity contribution in [3.05, 3.63) is 64.7 Å². The van der Waals surface area contributed by atoms with Gasteiger partial charge >= 0.3 is 0 Å². The molecule has 2 aromatic rings. The Bertz CT molecular complexity index is 651. The summed E-state index contributed by atoms with van der Waals surface area (Å²) >= 11 is 0. The molecule has 0 aliphatic heterocycles. The Morgan fingerprint density at radius 3 is 2.65 bits per heavy atom. The van der Waals surface area contributed by atoms with Crippen molar-refractivity contribution in [2.45, 2.75) is 13.8 Å². The first-order valence-corrected chi connectivity index (χ1v) is 6.16. The molecule has 0 aliphatic rings. The molecule has 0 N–H and O–H groups in total. The molecular formula is C16H14F2O2. The molecule has 0 bridgehead atoms. The maximum atomic E-state index is 13.4. The van der Waals surface area contributed by atoms with Crippen molar-refractivity contribution in [2.24, 2.45) is 0 Å². The third kappa shape index (κ3) is 3.02. The maximum Gasteiger partial charge on any atom is 0.200 e. The molecule has 0 aliphatic carbocycles. The number of hydrogen-bond donors (Lipinski definition) is 0. The van der Waals surface area contributed by atoms with Crippen molar-refractivity contribution in [3.63, 3.8) is 0 Å². The van der Waals surface area contributed by atoms with Crippen LogP contribution in [0.15, 0.2) is 36.4 Å². The van der Waals surface area contributed by atoms with E-state index in [1.54, 1.807) is 6.07 Å². The second-order valence-corrected chi connectivity index (χ2v) is 4.58. The molecule has 104 valence electrons. The van der Waals surface area contributed by atoms with E-state index in [-0.39, 0.29) is 18.1 Å². The van der Waals surface area contributed by atoms with Crippen LogP contribution in [0.5, 0.6) is 5.75 Å². The average Bonchev–Trinajstić information content (AvgIpc) is 2.43. The first kappa shape index (κ1) is 14.2. The second-order valence-electron chi connectivity index (χ2n) is 4.58. The van der Waals surface area contributed by atoms with Gasteiger partial charge < -0.3 is 4.74 Å². The van der Waals surface area contributed by atoms with E-state index in [2.05, 4.69) is 0 Å². The normalized spacial score (nSPS) is 10.4. The second kappa shape index (κ2) is 5.82. The lowest BCUT2D eigenvalue weighted by Gasteiger charge is -2.09. The SMILES string of the molecule is Cc1ccc(C)c(C(=O)COc2cccc(F)c2F)c1. The summed E-state index contributed by atoms with van der Waals surface area (Å²) in [4.78, 5) is 12.0. The number of carbonyl (C=O) groups is 1. The lowest BCUT2D eigenvalue weighted by Crippen LogP contribution is -2.14. The van der Waals surface area contributed by atoms with Crippen molar-refractivity contribution >= 4 is 5.78 Å². The predicted molar refractivity (Wildman–Crippen MR) is 72.1 cm³/mol. The van der Waals surface area contributed by atoms with Crippen LogP contribution in [0, 0.1) is 25.5 Å². The van der Waals surface area contributed by atoms with Gasteiger partial charge in [-0.15, -0.1) is 0 Å². The molecular weight excluding hydrogens is 262 g/mol. The minimum atomic E-state index is -1.08. The molecule has 0 amide bonds. The lowest BCUT2D eigenvalue weighted by molar-refractivity contribution is 0.0917. The van der Waals surface area contributed by atoms with Gasteiger partial charge in [-0.2, -0.15) is 4.39 Å². The molecule has 0 atom stereocenters. The molecule has 2 aromatic carbocycles. The largest absolute Gasteiger partial charge is 0.482 e. The highest BCUT2D eigenvalue weighted by Gasteiger charge is 2.13. The number of benzene rings is 2. The smallest absolute Gasteiger partial charge is 0.200 e. The highest BCUT2D eigenvalue weighted by Crippen LogP contribution is 2.19. The van der Waals surface area contributed by atoms with Crippen molar-refractivity contribution in [3.8, 4) is 5.75 Å². The summed E-state index contributed by atoms with van der Waals surface area (Å²) < 4.78 is 31.5. The van der Waals surface area contributed by atoms with E-state index in [0.29, 0.717) is 5.56 Å². The number of Topliss-reactive ketones (excluding diaryl/α,β-unsaturated/α-hetero) is 1. The number of hydrogen-bond acceptors (Lipinski definition) is 2. The Kier molecular flexibility index (Phi) is 4.13. The topological polar surface area (TPSA) is 26.3 Å². The van der Waals surface area contributed by atoms with E-state index in [0.717, 1.165) is 17.2 Å². The molecule has 0 heterocycles. The van der Waals surface area contributed by atoms with E-state index >= 15 is 0 Å². The summed E-state index contributed by atoms with van der Waals surface area (Å²) in [7, 11) is 0. The van der Waals surface area contributed by atoms with Gasteiger partial charge in [0.25, 0.3) is 0 Å². The molecule has 0 unspecified atom stereocenters. The van der Waals surface area contributed by atoms with Crippen LogP contribution in [-0.2, 0) is 0 Å². The molecule has 0 saturated heterocycles. The number of ether oxygens (including phenoxy) is 1. The van der Waals surface area contributed by atoms with Gasteiger partial charge in [0.2, 0.25) is 5.82 Å². The fourth-order valence-electron chi connectivity index (χ4n) is 1.85. The van der Waals surface area contributed by atoms with Crippen LogP contribution < -0.4 is 4.74 Å². The van der Waals surface area contributed by atoms with E-state index in [4.69, 9.17) is 4.74 Å². The van der Waals surface area contributed by atoms with Gasteiger partial charge in [-0.3, -0.25) is 4.79 Å². The van der Waals surface area contributed by atoms with Crippen LogP contribution >= 0.6 is 0 Å². The summed E-state index contributed by atoms with van der Waals surface area (Å²) in [5, 5.41) is 0. The summed E-state index contributed by atoms with van der Waals surface area (Å²) in [6, 6.07) is 9.10. The summed E-state index contributed by atoms with van der Waals surface area (Å²) in [5.74, 6) is -2.61. The van der Waals surface area contributed by atoms with Gasteiger partial charge in [0.15, 0.2) is 24.0 Å². The monoisotopic (exact) mass is 276 g/mol. The molecule has 0 spiro atoms. The summed E-state index contributed by atoms with van der Waals surface area (Å²) in [6.07, 6.45) is 0. The molecule has 0 radical (unpaired) electrons. The van der Waals surface area contributed by atoms with Crippen LogP contribution in [0.2, 0.25) is 0 Å². The molecule has 20 heavy (non-hydrogen) atoms. The quantitative estimate of drug-likeness (QED) is 0.793. The molecule has 2 nitrogen and oxygen atoms in total. The zero-order chi connectivity index (χ0) is 14.7. The maximum absolute atomic E-state index is 13.4. The molecule has 4 heteroatoms. The van der Waals surface area contributed by atoms with Crippen LogP contribution in [-0.4, -0.2) is 12.4 Å². The number of ketones is 1. The molecule has 2 rings (SSSR count). The minimum Gasteiger partial charge on any atom is -0.482 e. The first-order valence-electron chi connectivity index (χ1n) is 6.16. The van der Waals surface area contributed by atoms with Gasteiger partial charge in [-0.1, -0.05) is 23.8 Å². The summed E-state index contributed by atoms with van der Waals surface area (Å²) in [5.41, 5.74) is 2.31. The third-order valence-corrected chi connectivity index (χ3v) is 2.97. The van der Waals surface area contributed by atoms with Gasteiger partial charge in [-0.05, 0) is 37.6 Å². The van der Waals surface area contributed by atoms with Crippen molar-refractivity contribution < 1.29 is 18.3 Å². The Labute approximate surface area is 116 Å². The van der Waals surface area contributed by atoms with Gasteiger partial charge in [0.1, 0.15) is 0 Å². The Balaban J connectivity index is 2.13. The highest BCUT2D eigenvalue weighted by atomic mass is 19.2. The van der Waals surface area contributed by atoms with E-state index < -0.39 is 11.6 Å². The van der Waals surface area contributed by atoms with Gasteiger partial charge in [0.05, 0.1) is 0 Å². The van der Waals surface area contributed by atoms with Gasteiger partial charge in [0, 0.05) is 5.56 Å². The van der Waals surface area contributed by atoms with Crippen LogP contribution in [0.1, 0.15) is 21.5 Å². The van der Waals surface area contributed by atoms with Crippen LogP contribution in [0.4, 0.5) is 8.78 Å². The Morgan fingerprint density at radius 2 is 1.90 bits per heavy atom. The van der Waals surface area contributed by atoms with Crippen molar-refractivity contribution in [1.29, 1.82) is 0 Å². The van der Waals surface area contributed by atoms with Crippen LogP contribution in [0.25, 0.3) is 0 Å². The van der Waals surface area contributed by atoms with Crippen molar-refractivity contribution in [2.75, 3.05) is 6.61 Å². The zero-order valence-electron chi connectivity index (χ0n) is 11.2. The van der Waals surface area contributed by atoms with E-state index in [1.807, 2.05) is 26.0 Å².